The first-order valence-electron chi connectivity index (χ1n) is 10.1. The van der Waals surface area contributed by atoms with Crippen molar-refractivity contribution < 1.29 is 17.9 Å². The van der Waals surface area contributed by atoms with Crippen LogP contribution in [0.2, 0.25) is 0 Å². The molecule has 2 aliphatic rings. The fraction of sp³-hybridized carbons (Fsp3) is 0.571. The highest BCUT2D eigenvalue weighted by molar-refractivity contribution is 7.89. The van der Waals surface area contributed by atoms with E-state index in [9.17, 15) is 13.2 Å². The topological polar surface area (TPSA) is 75.7 Å². The minimum Gasteiger partial charge on any atom is -0.497 e. The summed E-state index contributed by atoms with van der Waals surface area (Å²) in [5.74, 6) is 0.295. The van der Waals surface area contributed by atoms with Gasteiger partial charge in [-0.05, 0) is 63.5 Å². The van der Waals surface area contributed by atoms with Crippen molar-refractivity contribution in [1.29, 1.82) is 0 Å². The molecule has 1 aliphatic heterocycles. The average Bonchev–Trinajstić information content (AvgIpc) is 3.20. The molecule has 7 heteroatoms. The van der Waals surface area contributed by atoms with E-state index in [-0.39, 0.29) is 10.8 Å². The van der Waals surface area contributed by atoms with E-state index in [1.165, 1.54) is 35.9 Å². The van der Waals surface area contributed by atoms with Crippen LogP contribution in [0.1, 0.15) is 50.5 Å². The molecular formula is C21H30N2O4S. The summed E-state index contributed by atoms with van der Waals surface area (Å²) < 4.78 is 33.0. The number of carbonyl (C=O) groups is 1. The van der Waals surface area contributed by atoms with E-state index >= 15 is 0 Å². The van der Waals surface area contributed by atoms with E-state index in [0.29, 0.717) is 37.2 Å². The van der Waals surface area contributed by atoms with Gasteiger partial charge in [0.2, 0.25) is 15.9 Å². The molecule has 1 atom stereocenters. The average molecular weight is 407 g/mol. The number of nitrogens with zero attached hydrogens (tertiary/aromatic N) is 1. The van der Waals surface area contributed by atoms with Crippen LogP contribution in [-0.4, -0.2) is 44.9 Å². The maximum atomic E-state index is 13.2. The lowest BCUT2D eigenvalue weighted by molar-refractivity contribution is -0.124. The third-order valence-corrected chi connectivity index (χ3v) is 7.67. The molecule has 0 radical (unpaired) electrons. The van der Waals surface area contributed by atoms with Crippen molar-refractivity contribution in [2.45, 2.75) is 62.8 Å². The van der Waals surface area contributed by atoms with Crippen molar-refractivity contribution in [3.63, 3.8) is 0 Å². The van der Waals surface area contributed by atoms with Gasteiger partial charge in [0.05, 0.1) is 12.0 Å². The van der Waals surface area contributed by atoms with Gasteiger partial charge in [0.15, 0.2) is 0 Å². The zero-order chi connectivity index (χ0) is 20.1. The van der Waals surface area contributed by atoms with Crippen LogP contribution in [0.25, 0.3) is 0 Å². The Morgan fingerprint density at radius 3 is 2.82 bits per heavy atom. The fourth-order valence-electron chi connectivity index (χ4n) is 4.00. The normalized spacial score (nSPS) is 20.6. The van der Waals surface area contributed by atoms with Gasteiger partial charge in [0.1, 0.15) is 11.8 Å². The van der Waals surface area contributed by atoms with E-state index < -0.39 is 16.1 Å². The number of nitrogens with one attached hydrogen (secondary N) is 1. The van der Waals surface area contributed by atoms with Crippen molar-refractivity contribution in [3.8, 4) is 5.75 Å². The summed E-state index contributed by atoms with van der Waals surface area (Å²) >= 11 is 0. The van der Waals surface area contributed by atoms with Gasteiger partial charge in [-0.1, -0.05) is 17.7 Å². The predicted molar refractivity (Wildman–Crippen MR) is 109 cm³/mol. The van der Waals surface area contributed by atoms with Crippen molar-refractivity contribution in [2.24, 2.45) is 0 Å². The Balaban J connectivity index is 1.69. The molecule has 1 heterocycles. The van der Waals surface area contributed by atoms with E-state index in [0.717, 1.165) is 19.3 Å². The van der Waals surface area contributed by atoms with Crippen LogP contribution in [-0.2, 0) is 14.8 Å². The van der Waals surface area contributed by atoms with Gasteiger partial charge in [-0.2, -0.15) is 4.31 Å². The summed E-state index contributed by atoms with van der Waals surface area (Å²) in [4.78, 5) is 12.9. The van der Waals surface area contributed by atoms with Crippen LogP contribution >= 0.6 is 0 Å². The SMILES string of the molecule is COc1ccc(C)c(S(=O)(=O)N2CCC[C@H]2C(=O)NCCC2=CCCCC2)c1. The minimum absolute atomic E-state index is 0.196. The van der Waals surface area contributed by atoms with Crippen molar-refractivity contribution >= 4 is 15.9 Å². The molecule has 3 rings (SSSR count). The molecule has 1 aromatic rings. The van der Waals surface area contributed by atoms with Gasteiger partial charge >= 0.3 is 0 Å². The lowest BCUT2D eigenvalue weighted by atomic mass is 9.97. The maximum Gasteiger partial charge on any atom is 0.244 e. The number of carbonyl (C=O) groups excluding carboxylic acids is 1. The second kappa shape index (κ2) is 9.09. The van der Waals surface area contributed by atoms with Gasteiger partial charge in [-0.15, -0.1) is 0 Å². The molecule has 1 saturated heterocycles. The quantitative estimate of drug-likeness (QED) is 0.706. The first-order valence-corrected chi connectivity index (χ1v) is 11.5. The summed E-state index contributed by atoms with van der Waals surface area (Å²) in [5, 5.41) is 2.95. The minimum atomic E-state index is -3.76. The second-order valence-electron chi connectivity index (χ2n) is 7.55. The zero-order valence-electron chi connectivity index (χ0n) is 16.7. The molecule has 0 spiro atoms. The van der Waals surface area contributed by atoms with Crippen LogP contribution in [0.4, 0.5) is 0 Å². The second-order valence-corrected chi connectivity index (χ2v) is 9.41. The number of benzene rings is 1. The number of aryl methyl sites for hydroxylation is 1. The van der Waals surface area contributed by atoms with Crippen LogP contribution < -0.4 is 10.1 Å². The number of hydrogen-bond acceptors (Lipinski definition) is 4. The number of amides is 1. The van der Waals surface area contributed by atoms with Gasteiger partial charge < -0.3 is 10.1 Å². The highest BCUT2D eigenvalue weighted by atomic mass is 32.2. The first-order chi connectivity index (χ1) is 13.4. The third kappa shape index (κ3) is 4.58. The molecule has 154 valence electrons. The van der Waals surface area contributed by atoms with Gasteiger partial charge in [0.25, 0.3) is 0 Å². The molecule has 1 aromatic carbocycles. The summed E-state index contributed by atoms with van der Waals surface area (Å²) in [6.07, 6.45) is 9.05. The summed E-state index contributed by atoms with van der Waals surface area (Å²) in [6, 6.07) is 4.36. The monoisotopic (exact) mass is 406 g/mol. The summed E-state index contributed by atoms with van der Waals surface area (Å²) in [6.45, 7) is 2.69. The Morgan fingerprint density at radius 1 is 1.29 bits per heavy atom. The van der Waals surface area contributed by atoms with Gasteiger partial charge in [0, 0.05) is 19.2 Å². The number of allylic oxidation sites excluding steroid dienone is 1. The summed E-state index contributed by atoms with van der Waals surface area (Å²) in [7, 11) is -2.25. The highest BCUT2D eigenvalue weighted by Gasteiger charge is 2.40. The Morgan fingerprint density at radius 2 is 2.11 bits per heavy atom. The van der Waals surface area contributed by atoms with E-state index in [4.69, 9.17) is 4.74 Å². The van der Waals surface area contributed by atoms with Gasteiger partial charge in [-0.25, -0.2) is 8.42 Å². The van der Waals surface area contributed by atoms with Crippen molar-refractivity contribution in [1.82, 2.24) is 9.62 Å². The largest absolute Gasteiger partial charge is 0.497 e. The van der Waals surface area contributed by atoms with Crippen LogP contribution in [0.5, 0.6) is 5.75 Å². The van der Waals surface area contributed by atoms with Crippen molar-refractivity contribution in [2.75, 3.05) is 20.2 Å². The van der Waals surface area contributed by atoms with Crippen molar-refractivity contribution in [3.05, 3.63) is 35.4 Å². The maximum absolute atomic E-state index is 13.2. The zero-order valence-corrected chi connectivity index (χ0v) is 17.6. The van der Waals surface area contributed by atoms with Crippen LogP contribution in [0, 0.1) is 6.92 Å². The van der Waals surface area contributed by atoms with Crippen LogP contribution in [0.3, 0.4) is 0 Å². The molecule has 1 N–H and O–H groups in total. The Kier molecular flexibility index (Phi) is 6.78. The number of ether oxygens (including phenoxy) is 1. The standard InChI is InChI=1S/C21H30N2O4S/c1-16-10-11-18(27-2)15-20(16)28(25,26)23-14-6-9-19(23)21(24)22-13-12-17-7-4-3-5-8-17/h7,10-11,15,19H,3-6,8-9,12-14H2,1-2H3,(H,22,24)/t19-/m0/s1. The molecule has 1 amide bonds. The third-order valence-electron chi connectivity index (χ3n) is 5.62. The Hall–Kier alpha value is -1.86. The fourth-order valence-corrected chi connectivity index (χ4v) is 5.90. The number of hydrogen-bond donors (Lipinski definition) is 1. The highest BCUT2D eigenvalue weighted by Crippen LogP contribution is 2.30. The van der Waals surface area contributed by atoms with Crippen LogP contribution in [0.15, 0.2) is 34.7 Å². The van der Waals surface area contributed by atoms with Gasteiger partial charge in [-0.3, -0.25) is 4.79 Å². The summed E-state index contributed by atoms with van der Waals surface area (Å²) in [5.41, 5.74) is 2.05. The number of sulfonamides is 1. The van der Waals surface area contributed by atoms with E-state index in [1.807, 2.05) is 0 Å². The number of methoxy groups -OCH3 is 1. The number of rotatable bonds is 7. The van der Waals surface area contributed by atoms with E-state index in [2.05, 4.69) is 11.4 Å². The molecule has 1 aliphatic carbocycles. The Labute approximate surface area is 168 Å². The lowest BCUT2D eigenvalue weighted by Crippen LogP contribution is -2.46. The Bertz CT molecular complexity index is 848. The predicted octanol–water partition coefficient (Wildman–Crippen LogP) is 3.16. The molecule has 0 bridgehead atoms. The molecule has 28 heavy (non-hydrogen) atoms. The smallest absolute Gasteiger partial charge is 0.244 e. The van der Waals surface area contributed by atoms with E-state index in [1.54, 1.807) is 19.1 Å². The first kappa shape index (κ1) is 20.9. The molecule has 0 aromatic heterocycles. The molecule has 0 saturated carbocycles. The molecular weight excluding hydrogens is 376 g/mol. The molecule has 6 nitrogen and oxygen atoms in total. The molecule has 0 unspecified atom stereocenters. The molecule has 1 fully saturated rings. The lowest BCUT2D eigenvalue weighted by Gasteiger charge is -2.24.